The third kappa shape index (κ3) is 2.13. The number of rotatable bonds is 3. The molecule has 6 heteroatoms. The molecule has 1 fully saturated rings. The summed E-state index contributed by atoms with van der Waals surface area (Å²) in [5, 5.41) is 10.6. The van der Waals surface area contributed by atoms with E-state index in [1.807, 2.05) is 10.9 Å². The highest BCUT2D eigenvalue weighted by Gasteiger charge is 2.19. The topological polar surface area (TPSA) is 73.0 Å². The summed E-state index contributed by atoms with van der Waals surface area (Å²) in [6.07, 6.45) is 8.05. The van der Waals surface area contributed by atoms with Gasteiger partial charge in [-0.05, 0) is 18.9 Å². The Morgan fingerprint density at radius 1 is 1.39 bits per heavy atom. The molecular weight excluding hydrogens is 232 g/mol. The standard InChI is InChI=1S/C12H14N4O2/c17-12(13-11-6-8-18-15-11)10-5-7-16(14-10)9-3-1-2-4-9/h5-9H,1-4H2,(H,13,15,17). The van der Waals surface area contributed by atoms with Crippen LogP contribution in [0.3, 0.4) is 0 Å². The zero-order valence-corrected chi connectivity index (χ0v) is 9.87. The summed E-state index contributed by atoms with van der Waals surface area (Å²) in [7, 11) is 0. The Morgan fingerprint density at radius 3 is 2.94 bits per heavy atom. The number of hydrogen-bond acceptors (Lipinski definition) is 4. The van der Waals surface area contributed by atoms with Gasteiger partial charge in [0.25, 0.3) is 5.91 Å². The largest absolute Gasteiger partial charge is 0.363 e. The molecule has 0 aliphatic heterocycles. The molecule has 2 aromatic rings. The Morgan fingerprint density at radius 2 is 2.22 bits per heavy atom. The smallest absolute Gasteiger partial charge is 0.277 e. The molecule has 2 aromatic heterocycles. The molecule has 2 heterocycles. The molecule has 0 saturated heterocycles. The first-order valence-electron chi connectivity index (χ1n) is 6.10. The second kappa shape index (κ2) is 4.64. The average molecular weight is 246 g/mol. The monoisotopic (exact) mass is 246 g/mol. The predicted octanol–water partition coefficient (Wildman–Crippen LogP) is 2.24. The number of amides is 1. The molecule has 18 heavy (non-hydrogen) atoms. The molecular formula is C12H14N4O2. The van der Waals surface area contributed by atoms with Gasteiger partial charge in [0.15, 0.2) is 11.5 Å². The number of carbonyl (C=O) groups excluding carboxylic acids is 1. The third-order valence-corrected chi connectivity index (χ3v) is 3.22. The molecule has 94 valence electrons. The lowest BCUT2D eigenvalue weighted by atomic mass is 10.3. The van der Waals surface area contributed by atoms with Crippen LogP contribution in [0.5, 0.6) is 0 Å². The minimum Gasteiger partial charge on any atom is -0.363 e. The molecule has 0 aromatic carbocycles. The maximum Gasteiger partial charge on any atom is 0.277 e. The van der Waals surface area contributed by atoms with Crippen molar-refractivity contribution in [2.75, 3.05) is 5.32 Å². The zero-order chi connectivity index (χ0) is 12.4. The summed E-state index contributed by atoms with van der Waals surface area (Å²) in [5.41, 5.74) is 0.407. The van der Waals surface area contributed by atoms with Gasteiger partial charge in [-0.2, -0.15) is 5.10 Å². The first-order valence-corrected chi connectivity index (χ1v) is 6.10. The molecule has 1 aliphatic rings. The van der Waals surface area contributed by atoms with Crippen LogP contribution >= 0.6 is 0 Å². The van der Waals surface area contributed by atoms with Gasteiger partial charge in [0.1, 0.15) is 6.26 Å². The van der Waals surface area contributed by atoms with E-state index >= 15 is 0 Å². The first-order chi connectivity index (χ1) is 8.83. The van der Waals surface area contributed by atoms with Gasteiger partial charge in [0.05, 0.1) is 6.04 Å². The molecule has 1 amide bonds. The number of aromatic nitrogens is 3. The predicted molar refractivity (Wildman–Crippen MR) is 64.2 cm³/mol. The molecule has 6 nitrogen and oxygen atoms in total. The highest BCUT2D eigenvalue weighted by molar-refractivity contribution is 6.02. The van der Waals surface area contributed by atoms with E-state index in [-0.39, 0.29) is 5.91 Å². The summed E-state index contributed by atoms with van der Waals surface area (Å²) in [5.74, 6) is 0.135. The summed E-state index contributed by atoms with van der Waals surface area (Å²) >= 11 is 0. The normalized spacial score (nSPS) is 16.0. The van der Waals surface area contributed by atoms with Gasteiger partial charge in [0, 0.05) is 12.3 Å². The van der Waals surface area contributed by atoms with Gasteiger partial charge < -0.3 is 9.84 Å². The highest BCUT2D eigenvalue weighted by Crippen LogP contribution is 2.28. The van der Waals surface area contributed by atoms with Crippen LogP contribution in [-0.2, 0) is 0 Å². The van der Waals surface area contributed by atoms with Gasteiger partial charge >= 0.3 is 0 Å². The molecule has 1 aliphatic carbocycles. The van der Waals surface area contributed by atoms with E-state index in [4.69, 9.17) is 0 Å². The van der Waals surface area contributed by atoms with Crippen LogP contribution in [0.2, 0.25) is 0 Å². The lowest BCUT2D eigenvalue weighted by molar-refractivity contribution is 0.102. The molecule has 0 bridgehead atoms. The van der Waals surface area contributed by atoms with E-state index in [0.717, 1.165) is 12.8 Å². The van der Waals surface area contributed by atoms with Crippen LogP contribution in [0, 0.1) is 0 Å². The second-order valence-corrected chi connectivity index (χ2v) is 4.46. The number of hydrogen-bond donors (Lipinski definition) is 1. The van der Waals surface area contributed by atoms with Crippen LogP contribution in [0.4, 0.5) is 5.82 Å². The van der Waals surface area contributed by atoms with E-state index < -0.39 is 0 Å². The van der Waals surface area contributed by atoms with Crippen LogP contribution in [0.1, 0.15) is 42.2 Å². The number of nitrogens with zero attached hydrogens (tertiary/aromatic N) is 3. The van der Waals surface area contributed by atoms with E-state index in [1.165, 1.54) is 19.1 Å². The maximum absolute atomic E-state index is 11.9. The fourth-order valence-corrected chi connectivity index (χ4v) is 2.29. The van der Waals surface area contributed by atoms with Crippen molar-refractivity contribution in [3.8, 4) is 0 Å². The first kappa shape index (κ1) is 11.0. The average Bonchev–Trinajstić information content (AvgIpc) is 3.11. The highest BCUT2D eigenvalue weighted by atomic mass is 16.5. The van der Waals surface area contributed by atoms with Gasteiger partial charge in [0.2, 0.25) is 0 Å². The molecule has 1 saturated carbocycles. The van der Waals surface area contributed by atoms with Crippen molar-refractivity contribution >= 4 is 11.7 Å². The van der Waals surface area contributed by atoms with E-state index in [9.17, 15) is 4.79 Å². The van der Waals surface area contributed by atoms with Crippen LogP contribution in [0.15, 0.2) is 29.1 Å². The number of carbonyl (C=O) groups is 1. The molecule has 3 rings (SSSR count). The van der Waals surface area contributed by atoms with Crippen molar-refractivity contribution in [1.82, 2.24) is 14.9 Å². The van der Waals surface area contributed by atoms with Crippen LogP contribution < -0.4 is 5.32 Å². The minimum atomic E-state index is -0.263. The van der Waals surface area contributed by atoms with Crippen molar-refractivity contribution in [2.24, 2.45) is 0 Å². The van der Waals surface area contributed by atoms with Crippen molar-refractivity contribution in [3.05, 3.63) is 30.3 Å². The maximum atomic E-state index is 11.9. The van der Waals surface area contributed by atoms with Crippen LogP contribution in [0.25, 0.3) is 0 Å². The fourth-order valence-electron chi connectivity index (χ4n) is 2.29. The molecule has 0 unspecified atom stereocenters. The van der Waals surface area contributed by atoms with Gasteiger partial charge in [-0.25, -0.2) is 0 Å². The number of anilines is 1. The van der Waals surface area contributed by atoms with Gasteiger partial charge in [-0.3, -0.25) is 9.48 Å². The van der Waals surface area contributed by atoms with E-state index in [2.05, 4.69) is 20.1 Å². The summed E-state index contributed by atoms with van der Waals surface area (Å²) in [6, 6.07) is 3.76. The SMILES string of the molecule is O=C(Nc1ccon1)c1ccn(C2CCCC2)n1. The number of nitrogens with one attached hydrogen (secondary N) is 1. The van der Waals surface area contributed by atoms with Gasteiger partial charge in [-0.1, -0.05) is 18.0 Å². The molecule has 0 spiro atoms. The van der Waals surface area contributed by atoms with Crippen molar-refractivity contribution in [2.45, 2.75) is 31.7 Å². The van der Waals surface area contributed by atoms with Crippen LogP contribution in [-0.4, -0.2) is 20.8 Å². The molecule has 0 radical (unpaired) electrons. The minimum absolute atomic E-state index is 0.263. The van der Waals surface area contributed by atoms with Gasteiger partial charge in [-0.15, -0.1) is 0 Å². The Bertz CT molecular complexity index is 526. The van der Waals surface area contributed by atoms with Crippen molar-refractivity contribution in [3.63, 3.8) is 0 Å². The Hall–Kier alpha value is -2.11. The quantitative estimate of drug-likeness (QED) is 0.901. The third-order valence-electron chi connectivity index (χ3n) is 3.22. The molecule has 0 atom stereocenters. The lowest BCUT2D eigenvalue weighted by Gasteiger charge is -2.08. The van der Waals surface area contributed by atoms with E-state index in [1.54, 1.807) is 12.1 Å². The van der Waals surface area contributed by atoms with Crippen molar-refractivity contribution < 1.29 is 9.32 Å². The Balaban J connectivity index is 1.70. The van der Waals surface area contributed by atoms with E-state index in [0.29, 0.717) is 17.6 Å². The van der Waals surface area contributed by atoms with Crippen molar-refractivity contribution in [1.29, 1.82) is 0 Å². The fraction of sp³-hybridized carbons (Fsp3) is 0.417. The molecule has 1 N–H and O–H groups in total. The summed E-state index contributed by atoms with van der Waals surface area (Å²) < 4.78 is 6.54. The Kier molecular flexibility index (Phi) is 2.84. The zero-order valence-electron chi connectivity index (χ0n) is 9.87. The summed E-state index contributed by atoms with van der Waals surface area (Å²) in [6.45, 7) is 0. The lowest BCUT2D eigenvalue weighted by Crippen LogP contribution is -2.14. The second-order valence-electron chi connectivity index (χ2n) is 4.46. The Labute approximate surface area is 104 Å². The summed E-state index contributed by atoms with van der Waals surface area (Å²) in [4.78, 5) is 11.9.